The maximum atomic E-state index is 12.2. The largest absolute Gasteiger partial charge is 0.493 e. The summed E-state index contributed by atoms with van der Waals surface area (Å²) in [5.41, 5.74) is 1.67. The van der Waals surface area contributed by atoms with Crippen LogP contribution in [0.15, 0.2) is 18.2 Å². The summed E-state index contributed by atoms with van der Waals surface area (Å²) in [5.74, 6) is 0.637. The highest BCUT2D eigenvalue weighted by atomic mass is 16.5. The van der Waals surface area contributed by atoms with Gasteiger partial charge in [0.1, 0.15) is 5.75 Å². The number of esters is 1. The van der Waals surface area contributed by atoms with Crippen LogP contribution in [0.25, 0.3) is 0 Å². The van der Waals surface area contributed by atoms with Gasteiger partial charge in [-0.25, -0.2) is 4.79 Å². The van der Waals surface area contributed by atoms with Gasteiger partial charge in [0.2, 0.25) is 0 Å². The number of carbonyl (C=O) groups is 1. The van der Waals surface area contributed by atoms with Crippen molar-refractivity contribution < 1.29 is 19.0 Å². The molecule has 1 aromatic carbocycles. The number of ether oxygens (including phenoxy) is 3. The lowest BCUT2D eigenvalue weighted by molar-refractivity contribution is 0.0497. The first-order valence-electron chi connectivity index (χ1n) is 9.64. The summed E-state index contributed by atoms with van der Waals surface area (Å²) in [5, 5.41) is 0. The maximum absolute atomic E-state index is 12.2. The standard InChI is InChI=1S/C21H34O4/c1-4-6-9-15-24-20-13-12-19(17-18(20)5-2)21(22)25-16-11-8-7-10-14-23-3/h12-13,17H,4-11,14-16H2,1-3H3. The molecule has 0 aliphatic carbocycles. The number of carbonyl (C=O) groups excluding carboxylic acids is 1. The second-order valence-corrected chi connectivity index (χ2v) is 6.27. The van der Waals surface area contributed by atoms with Crippen molar-refractivity contribution in [2.75, 3.05) is 26.9 Å². The Hall–Kier alpha value is -1.55. The lowest BCUT2D eigenvalue weighted by Crippen LogP contribution is -2.08. The van der Waals surface area contributed by atoms with Crippen molar-refractivity contribution in [3.05, 3.63) is 29.3 Å². The summed E-state index contributed by atoms with van der Waals surface area (Å²) in [7, 11) is 1.72. The number of benzene rings is 1. The van der Waals surface area contributed by atoms with Crippen molar-refractivity contribution in [2.24, 2.45) is 0 Å². The van der Waals surface area contributed by atoms with Gasteiger partial charge in [-0.1, -0.05) is 33.1 Å². The van der Waals surface area contributed by atoms with Gasteiger partial charge in [0.05, 0.1) is 18.8 Å². The van der Waals surface area contributed by atoms with E-state index in [9.17, 15) is 4.79 Å². The zero-order valence-electron chi connectivity index (χ0n) is 16.1. The molecule has 0 unspecified atom stereocenters. The molecule has 0 atom stereocenters. The van der Waals surface area contributed by atoms with E-state index in [2.05, 4.69) is 13.8 Å². The molecule has 0 saturated carbocycles. The fraction of sp³-hybridized carbons (Fsp3) is 0.667. The molecule has 142 valence electrons. The Balaban J connectivity index is 2.40. The van der Waals surface area contributed by atoms with Crippen LogP contribution in [0.2, 0.25) is 0 Å². The van der Waals surface area contributed by atoms with Crippen molar-refractivity contribution in [1.82, 2.24) is 0 Å². The Morgan fingerprint density at radius 2 is 1.64 bits per heavy atom. The lowest BCUT2D eigenvalue weighted by Gasteiger charge is -2.12. The summed E-state index contributed by atoms with van der Waals surface area (Å²) in [6.07, 6.45) is 8.38. The summed E-state index contributed by atoms with van der Waals surface area (Å²) in [6, 6.07) is 5.59. The summed E-state index contributed by atoms with van der Waals surface area (Å²) in [4.78, 5) is 12.2. The number of rotatable bonds is 14. The zero-order chi connectivity index (χ0) is 18.3. The smallest absolute Gasteiger partial charge is 0.338 e. The van der Waals surface area contributed by atoms with Crippen molar-refractivity contribution in [3.8, 4) is 5.75 Å². The minimum atomic E-state index is -0.246. The van der Waals surface area contributed by atoms with Crippen LogP contribution in [0.1, 0.15) is 74.7 Å². The first kappa shape index (κ1) is 21.5. The molecule has 1 aromatic rings. The third-order valence-electron chi connectivity index (χ3n) is 4.16. The van der Waals surface area contributed by atoms with Gasteiger partial charge in [0.15, 0.2) is 0 Å². The van der Waals surface area contributed by atoms with E-state index in [0.717, 1.165) is 63.1 Å². The predicted molar refractivity (Wildman–Crippen MR) is 101 cm³/mol. The highest BCUT2D eigenvalue weighted by Crippen LogP contribution is 2.22. The van der Waals surface area contributed by atoms with Crippen LogP contribution in [0.3, 0.4) is 0 Å². The normalized spacial score (nSPS) is 10.7. The van der Waals surface area contributed by atoms with Gasteiger partial charge in [-0.15, -0.1) is 0 Å². The van der Waals surface area contributed by atoms with E-state index in [1.165, 1.54) is 12.8 Å². The van der Waals surface area contributed by atoms with Crippen LogP contribution >= 0.6 is 0 Å². The van der Waals surface area contributed by atoms with E-state index in [4.69, 9.17) is 14.2 Å². The third kappa shape index (κ3) is 8.92. The molecule has 0 spiro atoms. The minimum Gasteiger partial charge on any atom is -0.493 e. The van der Waals surface area contributed by atoms with Crippen molar-refractivity contribution in [2.45, 2.75) is 65.2 Å². The molecule has 0 amide bonds. The monoisotopic (exact) mass is 350 g/mol. The van der Waals surface area contributed by atoms with E-state index in [0.29, 0.717) is 12.2 Å². The Morgan fingerprint density at radius 3 is 2.32 bits per heavy atom. The molecule has 0 aromatic heterocycles. The van der Waals surface area contributed by atoms with E-state index in [-0.39, 0.29) is 5.97 Å². The quantitative estimate of drug-likeness (QED) is 0.342. The topological polar surface area (TPSA) is 44.8 Å². The van der Waals surface area contributed by atoms with Crippen molar-refractivity contribution >= 4 is 5.97 Å². The van der Waals surface area contributed by atoms with Crippen LogP contribution in [-0.2, 0) is 15.9 Å². The Bertz CT molecular complexity index is 485. The first-order chi connectivity index (χ1) is 12.2. The summed E-state index contributed by atoms with van der Waals surface area (Å²) in [6.45, 7) is 6.25. The van der Waals surface area contributed by atoms with Crippen molar-refractivity contribution in [3.63, 3.8) is 0 Å². The number of hydrogen-bond donors (Lipinski definition) is 0. The summed E-state index contributed by atoms with van der Waals surface area (Å²) < 4.78 is 16.2. The molecule has 0 bridgehead atoms. The predicted octanol–water partition coefficient (Wildman–Crippen LogP) is 5.18. The molecule has 1 rings (SSSR count). The fourth-order valence-electron chi connectivity index (χ4n) is 2.61. The first-order valence-corrected chi connectivity index (χ1v) is 9.64. The Labute approximate surface area is 152 Å². The second kappa shape index (κ2) is 13.7. The van der Waals surface area contributed by atoms with Gasteiger partial charge in [-0.05, 0) is 55.9 Å². The van der Waals surface area contributed by atoms with Gasteiger partial charge >= 0.3 is 5.97 Å². The molecule has 0 aliphatic rings. The van der Waals surface area contributed by atoms with Crippen molar-refractivity contribution in [1.29, 1.82) is 0 Å². The van der Waals surface area contributed by atoms with E-state index >= 15 is 0 Å². The molecular formula is C21H34O4. The average molecular weight is 350 g/mol. The number of unbranched alkanes of at least 4 members (excludes halogenated alkanes) is 5. The van der Waals surface area contributed by atoms with Gasteiger partial charge < -0.3 is 14.2 Å². The molecule has 0 heterocycles. The number of hydrogen-bond acceptors (Lipinski definition) is 4. The zero-order valence-corrected chi connectivity index (χ0v) is 16.1. The van der Waals surface area contributed by atoms with E-state index < -0.39 is 0 Å². The number of methoxy groups -OCH3 is 1. The average Bonchev–Trinajstić information content (AvgIpc) is 2.64. The molecule has 25 heavy (non-hydrogen) atoms. The highest BCUT2D eigenvalue weighted by Gasteiger charge is 2.11. The molecule has 0 aliphatic heterocycles. The van der Waals surface area contributed by atoms with Gasteiger partial charge in [-0.3, -0.25) is 0 Å². The van der Waals surface area contributed by atoms with Gasteiger partial charge in [0, 0.05) is 13.7 Å². The number of aryl methyl sites for hydroxylation is 1. The van der Waals surface area contributed by atoms with Gasteiger partial charge in [0.25, 0.3) is 0 Å². The molecule has 4 nitrogen and oxygen atoms in total. The highest BCUT2D eigenvalue weighted by molar-refractivity contribution is 5.89. The molecule has 0 N–H and O–H groups in total. The van der Waals surface area contributed by atoms with Crippen LogP contribution in [0.4, 0.5) is 0 Å². The second-order valence-electron chi connectivity index (χ2n) is 6.27. The summed E-state index contributed by atoms with van der Waals surface area (Å²) >= 11 is 0. The molecule has 0 fully saturated rings. The van der Waals surface area contributed by atoms with Crippen LogP contribution in [0.5, 0.6) is 5.75 Å². The maximum Gasteiger partial charge on any atom is 0.338 e. The lowest BCUT2D eigenvalue weighted by atomic mass is 10.1. The Morgan fingerprint density at radius 1 is 0.920 bits per heavy atom. The molecule has 4 heteroatoms. The SMILES string of the molecule is CCCCCOc1ccc(C(=O)OCCCCCCOC)cc1CC. The molecule has 0 saturated heterocycles. The van der Waals surface area contributed by atoms with Crippen LogP contribution < -0.4 is 4.74 Å². The van der Waals surface area contributed by atoms with Gasteiger partial charge in [-0.2, -0.15) is 0 Å². The molecular weight excluding hydrogens is 316 g/mol. The Kier molecular flexibility index (Phi) is 11.8. The molecule has 0 radical (unpaired) electrons. The third-order valence-corrected chi connectivity index (χ3v) is 4.16. The van der Waals surface area contributed by atoms with Crippen LogP contribution in [-0.4, -0.2) is 32.9 Å². The van der Waals surface area contributed by atoms with E-state index in [1.807, 2.05) is 12.1 Å². The fourth-order valence-corrected chi connectivity index (χ4v) is 2.61. The van der Waals surface area contributed by atoms with E-state index in [1.54, 1.807) is 13.2 Å². The van der Waals surface area contributed by atoms with Crippen LogP contribution in [0, 0.1) is 0 Å². The minimum absolute atomic E-state index is 0.246.